The summed E-state index contributed by atoms with van der Waals surface area (Å²) in [7, 11) is 0. The van der Waals surface area contributed by atoms with Crippen molar-refractivity contribution in [3.05, 3.63) is 113 Å². The summed E-state index contributed by atoms with van der Waals surface area (Å²) in [5.41, 5.74) is 4.63. The van der Waals surface area contributed by atoms with Crippen LogP contribution in [-0.4, -0.2) is 25.0 Å². The molecule has 4 aromatic rings. The lowest BCUT2D eigenvalue weighted by molar-refractivity contribution is -0.137. The molecular formula is C32H25F3O4. The van der Waals surface area contributed by atoms with Crippen LogP contribution in [0, 0.1) is 0 Å². The first-order valence-electron chi connectivity index (χ1n) is 12.6. The Morgan fingerprint density at radius 2 is 1.54 bits per heavy atom. The number of esters is 1. The van der Waals surface area contributed by atoms with E-state index in [-0.39, 0.29) is 25.4 Å². The summed E-state index contributed by atoms with van der Waals surface area (Å²) in [6.07, 6.45) is -3.73. The van der Waals surface area contributed by atoms with Crippen LogP contribution in [0.5, 0.6) is 5.75 Å². The lowest BCUT2D eigenvalue weighted by Crippen LogP contribution is -2.14. The molecule has 0 saturated heterocycles. The summed E-state index contributed by atoms with van der Waals surface area (Å²) >= 11 is 0. The summed E-state index contributed by atoms with van der Waals surface area (Å²) in [6, 6.07) is 23.0. The summed E-state index contributed by atoms with van der Waals surface area (Å²) in [5, 5.41) is 0. The number of ether oxygens (including phenoxy) is 2. The molecule has 0 aliphatic heterocycles. The molecule has 5 rings (SSSR count). The molecule has 0 radical (unpaired) electrons. The van der Waals surface area contributed by atoms with Crippen LogP contribution in [0.4, 0.5) is 13.2 Å². The maximum atomic E-state index is 13.3. The van der Waals surface area contributed by atoms with E-state index in [9.17, 15) is 22.8 Å². The van der Waals surface area contributed by atoms with Crippen LogP contribution in [0.3, 0.4) is 0 Å². The first-order chi connectivity index (χ1) is 18.8. The van der Waals surface area contributed by atoms with Gasteiger partial charge in [0.1, 0.15) is 19.0 Å². The number of rotatable bonds is 8. The summed E-state index contributed by atoms with van der Waals surface area (Å²) < 4.78 is 51.4. The third-order valence-corrected chi connectivity index (χ3v) is 6.75. The minimum atomic E-state index is -4.48. The van der Waals surface area contributed by atoms with Gasteiger partial charge in [0.2, 0.25) is 0 Å². The molecule has 0 atom stereocenters. The number of hydrogen-bond donors (Lipinski definition) is 0. The summed E-state index contributed by atoms with van der Waals surface area (Å²) in [4.78, 5) is 25.5. The van der Waals surface area contributed by atoms with Crippen LogP contribution >= 0.6 is 0 Å². The Bertz CT molecular complexity index is 1520. The fourth-order valence-electron chi connectivity index (χ4n) is 4.86. The van der Waals surface area contributed by atoms with Gasteiger partial charge in [0.25, 0.3) is 0 Å². The van der Waals surface area contributed by atoms with Gasteiger partial charge in [-0.2, -0.15) is 13.2 Å². The van der Waals surface area contributed by atoms with E-state index >= 15 is 0 Å². The SMILES string of the molecule is CCC(=O)c1cc2c(c(OCCOC(=O)c3ccccc3)c1-c1ccc(C(F)(F)F)cc1)Cc1ccccc1-2. The van der Waals surface area contributed by atoms with E-state index in [1.54, 1.807) is 37.3 Å². The number of Topliss-reactive ketones (excluding diaryl/α,β-unsaturated/α-hetero) is 1. The Hall–Kier alpha value is -4.39. The molecule has 0 amide bonds. The zero-order valence-electron chi connectivity index (χ0n) is 21.2. The zero-order chi connectivity index (χ0) is 27.6. The van der Waals surface area contributed by atoms with Crippen LogP contribution in [0.25, 0.3) is 22.3 Å². The number of fused-ring (bicyclic) bond motifs is 3. The van der Waals surface area contributed by atoms with Crippen molar-refractivity contribution < 1.29 is 32.2 Å². The van der Waals surface area contributed by atoms with Gasteiger partial charge in [-0.1, -0.05) is 61.5 Å². The largest absolute Gasteiger partial charge is 0.489 e. The van der Waals surface area contributed by atoms with Crippen molar-refractivity contribution in [2.75, 3.05) is 13.2 Å². The fourth-order valence-corrected chi connectivity index (χ4v) is 4.86. The first-order valence-corrected chi connectivity index (χ1v) is 12.6. The predicted molar refractivity (Wildman–Crippen MR) is 142 cm³/mol. The molecule has 198 valence electrons. The number of halogens is 3. The quantitative estimate of drug-likeness (QED) is 0.117. The van der Waals surface area contributed by atoms with Crippen molar-refractivity contribution in [2.24, 2.45) is 0 Å². The smallest absolute Gasteiger partial charge is 0.416 e. The fraction of sp³-hybridized carbons (Fsp3) is 0.188. The van der Waals surface area contributed by atoms with Crippen LogP contribution in [0.1, 0.15) is 50.8 Å². The van der Waals surface area contributed by atoms with Gasteiger partial charge in [-0.25, -0.2) is 4.79 Å². The minimum Gasteiger partial charge on any atom is -0.489 e. The standard InChI is InChI=1S/C32H25F3O4/c1-2-28(36)27-19-25-24-11-7-6-10-22(24)18-26(25)30(29(27)20-12-14-23(15-13-20)32(33,34)35)38-16-17-39-31(37)21-8-4-3-5-9-21/h3-15,19H,2,16-18H2,1H3. The average Bonchev–Trinajstić information content (AvgIpc) is 3.33. The second kappa shape index (κ2) is 10.8. The normalized spacial score (nSPS) is 12.0. The van der Waals surface area contributed by atoms with Gasteiger partial charge in [-0.05, 0) is 52.6 Å². The third-order valence-electron chi connectivity index (χ3n) is 6.75. The van der Waals surface area contributed by atoms with Crippen LogP contribution in [0.15, 0.2) is 84.9 Å². The monoisotopic (exact) mass is 530 g/mol. The van der Waals surface area contributed by atoms with Gasteiger partial charge in [0, 0.05) is 29.5 Å². The number of carbonyl (C=O) groups excluding carboxylic acids is 2. The zero-order valence-corrected chi connectivity index (χ0v) is 21.2. The number of benzene rings is 4. The van der Waals surface area contributed by atoms with Crippen LogP contribution < -0.4 is 4.74 Å². The molecule has 0 heterocycles. The van der Waals surface area contributed by atoms with Crippen molar-refractivity contribution in [1.82, 2.24) is 0 Å². The predicted octanol–water partition coefficient (Wildman–Crippen LogP) is 7.77. The van der Waals surface area contributed by atoms with E-state index in [1.807, 2.05) is 30.3 Å². The average molecular weight is 531 g/mol. The Labute approximate surface area is 224 Å². The Balaban J connectivity index is 1.55. The molecular weight excluding hydrogens is 505 g/mol. The lowest BCUT2D eigenvalue weighted by Gasteiger charge is -2.20. The van der Waals surface area contributed by atoms with E-state index in [0.29, 0.717) is 34.4 Å². The Kier molecular flexibility index (Phi) is 7.24. The number of alkyl halides is 3. The molecule has 0 aromatic heterocycles. The highest BCUT2D eigenvalue weighted by Gasteiger charge is 2.32. The maximum Gasteiger partial charge on any atom is 0.416 e. The molecule has 0 bridgehead atoms. The van der Waals surface area contributed by atoms with E-state index in [4.69, 9.17) is 9.47 Å². The molecule has 0 saturated carbocycles. The first kappa shape index (κ1) is 26.2. The molecule has 0 N–H and O–H groups in total. The topological polar surface area (TPSA) is 52.6 Å². The van der Waals surface area contributed by atoms with E-state index in [1.165, 1.54) is 12.1 Å². The highest BCUT2D eigenvalue weighted by atomic mass is 19.4. The van der Waals surface area contributed by atoms with Gasteiger partial charge in [-0.15, -0.1) is 0 Å². The molecule has 0 fully saturated rings. The van der Waals surface area contributed by atoms with E-state index < -0.39 is 17.7 Å². The number of ketones is 1. The molecule has 4 nitrogen and oxygen atoms in total. The number of carbonyl (C=O) groups is 2. The van der Waals surface area contributed by atoms with E-state index in [2.05, 4.69) is 0 Å². The van der Waals surface area contributed by atoms with Gasteiger partial charge in [0.05, 0.1) is 11.1 Å². The Morgan fingerprint density at radius 3 is 2.23 bits per heavy atom. The van der Waals surface area contributed by atoms with E-state index in [0.717, 1.165) is 34.4 Å². The Morgan fingerprint density at radius 1 is 0.846 bits per heavy atom. The van der Waals surface area contributed by atoms with Gasteiger partial charge >= 0.3 is 12.1 Å². The highest BCUT2D eigenvalue weighted by molar-refractivity contribution is 6.06. The third kappa shape index (κ3) is 5.30. The maximum absolute atomic E-state index is 13.3. The molecule has 0 unspecified atom stereocenters. The van der Waals surface area contributed by atoms with Crippen molar-refractivity contribution in [2.45, 2.75) is 25.9 Å². The van der Waals surface area contributed by atoms with Crippen molar-refractivity contribution in [3.63, 3.8) is 0 Å². The van der Waals surface area contributed by atoms with Gasteiger partial charge in [0.15, 0.2) is 5.78 Å². The molecule has 4 aromatic carbocycles. The molecule has 7 heteroatoms. The molecule has 39 heavy (non-hydrogen) atoms. The van der Waals surface area contributed by atoms with Crippen molar-refractivity contribution in [1.29, 1.82) is 0 Å². The summed E-state index contributed by atoms with van der Waals surface area (Å²) in [5.74, 6) is -0.233. The van der Waals surface area contributed by atoms with Gasteiger partial charge < -0.3 is 9.47 Å². The lowest BCUT2D eigenvalue weighted by atomic mass is 9.89. The van der Waals surface area contributed by atoms with Crippen molar-refractivity contribution in [3.8, 4) is 28.0 Å². The summed E-state index contributed by atoms with van der Waals surface area (Å²) in [6.45, 7) is 1.69. The molecule has 1 aliphatic carbocycles. The molecule has 0 spiro atoms. The minimum absolute atomic E-state index is 0.00123. The van der Waals surface area contributed by atoms with Gasteiger partial charge in [-0.3, -0.25) is 4.79 Å². The van der Waals surface area contributed by atoms with Crippen molar-refractivity contribution >= 4 is 11.8 Å². The van der Waals surface area contributed by atoms with Crippen LogP contribution in [-0.2, 0) is 17.3 Å². The molecule has 1 aliphatic rings. The second-order valence-electron chi connectivity index (χ2n) is 9.19. The highest BCUT2D eigenvalue weighted by Crippen LogP contribution is 2.48. The second-order valence-corrected chi connectivity index (χ2v) is 9.19. The van der Waals surface area contributed by atoms with Crippen LogP contribution in [0.2, 0.25) is 0 Å². The number of hydrogen-bond acceptors (Lipinski definition) is 4.